The molecular weight excluding hydrogens is 356 g/mol. The van der Waals surface area contributed by atoms with Crippen LogP contribution in [0, 0.1) is 0 Å². The van der Waals surface area contributed by atoms with E-state index >= 15 is 0 Å². The molecule has 27 heavy (non-hydrogen) atoms. The topological polar surface area (TPSA) is 84.8 Å². The monoisotopic (exact) mass is 388 g/mol. The maximum atomic E-state index is 10.7. The van der Waals surface area contributed by atoms with Crippen LogP contribution in [-0.2, 0) is 33.2 Å². The summed E-state index contributed by atoms with van der Waals surface area (Å²) >= 11 is 0. The lowest BCUT2D eigenvalue weighted by molar-refractivity contribution is -0.235. The van der Waals surface area contributed by atoms with E-state index in [4.69, 9.17) is 33.2 Å². The van der Waals surface area contributed by atoms with Gasteiger partial charge in [0.15, 0.2) is 17.9 Å². The first-order valence-electron chi connectivity index (χ1n) is 9.84. The van der Waals surface area contributed by atoms with Crippen molar-refractivity contribution in [3.05, 3.63) is 0 Å². The van der Waals surface area contributed by atoms with Gasteiger partial charge >= 0.3 is 0 Å². The van der Waals surface area contributed by atoms with Gasteiger partial charge in [-0.2, -0.15) is 0 Å². The number of methoxy groups -OCH3 is 2. The van der Waals surface area contributed by atoms with Gasteiger partial charge in [0.2, 0.25) is 0 Å². The van der Waals surface area contributed by atoms with Gasteiger partial charge in [-0.25, -0.2) is 0 Å². The van der Waals surface area contributed by atoms with Crippen molar-refractivity contribution in [2.45, 2.75) is 107 Å². The average molecular weight is 388 g/mol. The summed E-state index contributed by atoms with van der Waals surface area (Å²) in [5, 5.41) is 10.7. The Balaban J connectivity index is 1.48. The fourth-order valence-electron chi connectivity index (χ4n) is 4.76. The van der Waals surface area contributed by atoms with E-state index in [1.165, 1.54) is 0 Å². The molecular formula is C19H32O8. The summed E-state index contributed by atoms with van der Waals surface area (Å²) in [6.07, 6.45) is 0.119. The molecule has 8 heteroatoms. The van der Waals surface area contributed by atoms with Gasteiger partial charge < -0.3 is 38.3 Å². The second kappa shape index (κ2) is 7.18. The smallest absolute Gasteiger partial charge is 0.168 e. The molecule has 156 valence electrons. The van der Waals surface area contributed by atoms with Crippen LogP contribution in [0.4, 0.5) is 0 Å². The number of aliphatic hydroxyl groups excluding tert-OH is 1. The maximum absolute atomic E-state index is 10.7. The highest BCUT2D eigenvalue weighted by molar-refractivity contribution is 5.04. The Morgan fingerprint density at radius 2 is 1.74 bits per heavy atom. The molecule has 4 rings (SSSR count). The summed E-state index contributed by atoms with van der Waals surface area (Å²) in [6.45, 7) is 5.69. The molecule has 4 aliphatic heterocycles. The lowest BCUT2D eigenvalue weighted by Crippen LogP contribution is -2.55. The van der Waals surface area contributed by atoms with Gasteiger partial charge in [0, 0.05) is 33.5 Å². The summed E-state index contributed by atoms with van der Waals surface area (Å²) in [7, 11) is 3.25. The SMILES string of the molecule is CO[C@H]1CC[C@H]([C@H](O)C[C@H]2O[C@H]3C[C@](C)(OC)O[C@H]3[C@@H]3OC(C)(C)O[C@@H]32)O1. The molecule has 0 aliphatic carbocycles. The molecule has 9 atom stereocenters. The highest BCUT2D eigenvalue weighted by atomic mass is 16.8. The van der Waals surface area contributed by atoms with Gasteiger partial charge in [0.05, 0.1) is 24.4 Å². The van der Waals surface area contributed by atoms with Crippen LogP contribution in [0.1, 0.15) is 46.5 Å². The molecule has 0 radical (unpaired) electrons. The van der Waals surface area contributed by atoms with Crippen molar-refractivity contribution < 1.29 is 38.3 Å². The van der Waals surface area contributed by atoms with Gasteiger partial charge in [0.25, 0.3) is 0 Å². The molecule has 0 amide bonds. The first kappa shape index (κ1) is 20.0. The molecule has 4 saturated heterocycles. The molecule has 0 aromatic heterocycles. The Hall–Kier alpha value is -0.320. The molecule has 0 aromatic rings. The van der Waals surface area contributed by atoms with Gasteiger partial charge in [-0.1, -0.05) is 0 Å². The number of hydrogen-bond donors (Lipinski definition) is 1. The molecule has 0 unspecified atom stereocenters. The zero-order valence-electron chi connectivity index (χ0n) is 16.8. The van der Waals surface area contributed by atoms with Gasteiger partial charge in [-0.15, -0.1) is 0 Å². The number of aliphatic hydroxyl groups is 1. The Morgan fingerprint density at radius 1 is 1.00 bits per heavy atom. The zero-order valence-corrected chi connectivity index (χ0v) is 16.8. The predicted octanol–water partition coefficient (Wildman–Crippen LogP) is 1.33. The van der Waals surface area contributed by atoms with Crippen LogP contribution in [0.5, 0.6) is 0 Å². The van der Waals surface area contributed by atoms with Crippen molar-refractivity contribution in [1.29, 1.82) is 0 Å². The van der Waals surface area contributed by atoms with Gasteiger partial charge in [-0.3, -0.25) is 0 Å². The van der Waals surface area contributed by atoms with Crippen molar-refractivity contribution in [3.8, 4) is 0 Å². The van der Waals surface area contributed by atoms with E-state index < -0.39 is 17.7 Å². The van der Waals surface area contributed by atoms with E-state index in [0.717, 1.165) is 12.8 Å². The standard InChI is InChI=1S/C19H32O8/c1-18(2)25-15-12(8-10(20)11-6-7-14(21-4)24-11)23-13-9-19(3,22-5)27-16(13)17(15)26-18/h10-17,20H,6-9H2,1-5H3/t10-,11-,12-,13+,14-,15-,16-,17-,19-/m1/s1. The van der Waals surface area contributed by atoms with Crippen molar-refractivity contribution in [2.75, 3.05) is 14.2 Å². The zero-order chi connectivity index (χ0) is 19.4. The summed E-state index contributed by atoms with van der Waals surface area (Å²) < 4.78 is 41.3. The second-order valence-corrected chi connectivity index (χ2v) is 8.62. The minimum absolute atomic E-state index is 0.165. The van der Waals surface area contributed by atoms with Crippen LogP contribution in [-0.4, -0.2) is 79.9 Å². The quantitative estimate of drug-likeness (QED) is 0.755. The molecule has 4 fully saturated rings. The average Bonchev–Trinajstić information content (AvgIpc) is 3.29. The van der Waals surface area contributed by atoms with Crippen LogP contribution in [0.3, 0.4) is 0 Å². The molecule has 1 N–H and O–H groups in total. The van der Waals surface area contributed by atoms with Crippen molar-refractivity contribution in [1.82, 2.24) is 0 Å². The minimum Gasteiger partial charge on any atom is -0.390 e. The molecule has 0 saturated carbocycles. The first-order chi connectivity index (χ1) is 12.7. The molecule has 4 heterocycles. The third-order valence-corrected chi connectivity index (χ3v) is 6.14. The highest BCUT2D eigenvalue weighted by Crippen LogP contribution is 2.46. The van der Waals surface area contributed by atoms with Crippen LogP contribution < -0.4 is 0 Å². The highest BCUT2D eigenvalue weighted by Gasteiger charge is 2.61. The van der Waals surface area contributed by atoms with Crippen molar-refractivity contribution in [3.63, 3.8) is 0 Å². The van der Waals surface area contributed by atoms with Crippen LogP contribution in [0.25, 0.3) is 0 Å². The van der Waals surface area contributed by atoms with E-state index in [2.05, 4.69) is 0 Å². The van der Waals surface area contributed by atoms with Crippen LogP contribution in [0.15, 0.2) is 0 Å². The molecule has 0 aromatic carbocycles. The van der Waals surface area contributed by atoms with E-state index in [1.54, 1.807) is 14.2 Å². The largest absolute Gasteiger partial charge is 0.390 e. The number of fused-ring (bicyclic) bond motifs is 3. The number of ether oxygens (including phenoxy) is 7. The van der Waals surface area contributed by atoms with Gasteiger partial charge in [-0.05, 0) is 27.2 Å². The molecule has 4 aliphatic rings. The summed E-state index contributed by atoms with van der Waals surface area (Å²) in [4.78, 5) is 0. The minimum atomic E-state index is -0.725. The van der Waals surface area contributed by atoms with E-state index in [0.29, 0.717) is 12.8 Å². The third-order valence-electron chi connectivity index (χ3n) is 6.14. The molecule has 0 bridgehead atoms. The Kier molecular flexibility index (Phi) is 5.31. The molecule has 8 nitrogen and oxygen atoms in total. The van der Waals surface area contributed by atoms with Gasteiger partial charge in [0.1, 0.15) is 18.3 Å². The Bertz CT molecular complexity index is 542. The van der Waals surface area contributed by atoms with Crippen molar-refractivity contribution in [2.24, 2.45) is 0 Å². The van der Waals surface area contributed by atoms with E-state index in [-0.39, 0.29) is 42.9 Å². The normalized spacial score (nSPS) is 49.8. The molecule has 0 spiro atoms. The predicted molar refractivity (Wildman–Crippen MR) is 92.9 cm³/mol. The van der Waals surface area contributed by atoms with E-state index in [9.17, 15) is 5.11 Å². The maximum Gasteiger partial charge on any atom is 0.168 e. The first-order valence-corrected chi connectivity index (χ1v) is 9.84. The van der Waals surface area contributed by atoms with Crippen molar-refractivity contribution >= 4 is 0 Å². The fourth-order valence-corrected chi connectivity index (χ4v) is 4.76. The summed E-state index contributed by atoms with van der Waals surface area (Å²) in [5.41, 5.74) is 0. The summed E-state index contributed by atoms with van der Waals surface area (Å²) in [6, 6.07) is 0. The van der Waals surface area contributed by atoms with Crippen LogP contribution >= 0.6 is 0 Å². The van der Waals surface area contributed by atoms with E-state index in [1.807, 2.05) is 20.8 Å². The Morgan fingerprint density at radius 3 is 2.41 bits per heavy atom. The summed E-state index contributed by atoms with van der Waals surface area (Å²) in [5.74, 6) is -1.43. The van der Waals surface area contributed by atoms with Crippen LogP contribution in [0.2, 0.25) is 0 Å². The Labute approximate surface area is 160 Å². The lowest BCUT2D eigenvalue weighted by Gasteiger charge is -2.39. The fraction of sp³-hybridized carbons (Fsp3) is 1.00. The number of hydrogen-bond acceptors (Lipinski definition) is 8. The second-order valence-electron chi connectivity index (χ2n) is 8.62. The number of rotatable bonds is 5. The lowest BCUT2D eigenvalue weighted by atomic mass is 9.90. The third kappa shape index (κ3) is 3.79.